The molecular weight excluding hydrogens is 574 g/mol. The summed E-state index contributed by atoms with van der Waals surface area (Å²) >= 11 is 0. The predicted molar refractivity (Wildman–Crippen MR) is 189 cm³/mol. The van der Waals surface area contributed by atoms with E-state index in [1.54, 1.807) is 0 Å². The van der Waals surface area contributed by atoms with Crippen molar-refractivity contribution in [3.8, 4) is 34.0 Å². The highest BCUT2D eigenvalue weighted by molar-refractivity contribution is 5.77. The number of aromatic nitrogens is 4. The van der Waals surface area contributed by atoms with Crippen LogP contribution in [0, 0.1) is 12.8 Å². The lowest BCUT2D eigenvalue weighted by Gasteiger charge is -2.52. The summed E-state index contributed by atoms with van der Waals surface area (Å²) in [5.41, 5.74) is 10.6. The minimum atomic E-state index is -0.140. The van der Waals surface area contributed by atoms with E-state index < -0.39 is 0 Å². The molecule has 2 atom stereocenters. The number of anilines is 2. The molecule has 0 spiro atoms. The van der Waals surface area contributed by atoms with Crippen molar-refractivity contribution < 1.29 is 4.57 Å². The van der Waals surface area contributed by atoms with Crippen LogP contribution in [0.2, 0.25) is 0 Å². The fraction of sp³-hybridized carbons (Fsp3) is 0.238. The summed E-state index contributed by atoms with van der Waals surface area (Å²) in [7, 11) is 2.18. The first-order valence-electron chi connectivity index (χ1n) is 16.5. The molecule has 0 fully saturated rings. The molecule has 1 aliphatic carbocycles. The SMILES string of the molecule is Cc1ccccc1-c1c2c(cc[n+]1C)C(C)(C)C1C2N(c2nc(-c3ccccc3)nc(-c3ccccc3)n2)c2ccccc2C1(C)C. The molecule has 0 amide bonds. The molecule has 0 saturated heterocycles. The number of nitrogens with zero attached hydrogens (tertiary/aromatic N) is 5. The maximum Gasteiger partial charge on any atom is 0.234 e. The number of pyridine rings is 1. The van der Waals surface area contributed by atoms with Gasteiger partial charge in [-0.2, -0.15) is 9.97 Å². The number of benzene rings is 4. The molecule has 232 valence electrons. The minimum absolute atomic E-state index is 0.0263. The van der Waals surface area contributed by atoms with Crippen molar-refractivity contribution in [2.45, 2.75) is 51.5 Å². The molecule has 2 aliphatic rings. The van der Waals surface area contributed by atoms with Crippen LogP contribution in [0.15, 0.2) is 121 Å². The normalized spacial score (nSPS) is 18.7. The van der Waals surface area contributed by atoms with E-state index in [0.717, 1.165) is 16.8 Å². The van der Waals surface area contributed by atoms with E-state index in [1.165, 1.54) is 33.5 Å². The zero-order chi connectivity index (χ0) is 32.5. The number of rotatable bonds is 4. The molecule has 47 heavy (non-hydrogen) atoms. The van der Waals surface area contributed by atoms with E-state index in [1.807, 2.05) is 36.4 Å². The van der Waals surface area contributed by atoms with Crippen molar-refractivity contribution in [1.82, 2.24) is 15.0 Å². The second-order valence-corrected chi connectivity index (χ2v) is 14.2. The summed E-state index contributed by atoms with van der Waals surface area (Å²) in [6.45, 7) is 11.9. The van der Waals surface area contributed by atoms with E-state index in [2.05, 4.69) is 136 Å². The Morgan fingerprint density at radius 2 is 1.17 bits per heavy atom. The van der Waals surface area contributed by atoms with Gasteiger partial charge in [0.2, 0.25) is 11.6 Å². The molecule has 4 aromatic carbocycles. The zero-order valence-electron chi connectivity index (χ0n) is 27.9. The molecule has 0 bridgehead atoms. The van der Waals surface area contributed by atoms with E-state index >= 15 is 0 Å². The first-order chi connectivity index (χ1) is 22.7. The topological polar surface area (TPSA) is 45.8 Å². The second-order valence-electron chi connectivity index (χ2n) is 14.2. The van der Waals surface area contributed by atoms with Crippen molar-refractivity contribution in [2.24, 2.45) is 13.0 Å². The van der Waals surface area contributed by atoms with Crippen molar-refractivity contribution in [1.29, 1.82) is 0 Å². The molecule has 2 aromatic heterocycles. The van der Waals surface area contributed by atoms with E-state index in [0.29, 0.717) is 17.6 Å². The van der Waals surface area contributed by atoms with Crippen LogP contribution in [0.4, 0.5) is 11.6 Å². The molecule has 0 radical (unpaired) electrons. The average molecular weight is 615 g/mol. The van der Waals surface area contributed by atoms with Crippen LogP contribution in [0.1, 0.15) is 56.0 Å². The standard InChI is InChI=1S/C42H40N5/c1-27-17-13-14-22-30(27)35-34-32(25-26-46(35)6)42(4,5)37-36(34)47(33-24-16-15-23-31(33)41(37,2)3)40-44-38(28-18-9-7-10-19-28)43-39(45-40)29-20-11-8-12-21-29/h7-26,36-37H,1-6H3/q+1. The van der Waals surface area contributed by atoms with Gasteiger partial charge in [0.15, 0.2) is 17.8 Å². The van der Waals surface area contributed by atoms with Gasteiger partial charge in [-0.05, 0) is 46.6 Å². The second kappa shape index (κ2) is 10.7. The van der Waals surface area contributed by atoms with Gasteiger partial charge in [-0.1, -0.05) is 125 Å². The third-order valence-electron chi connectivity index (χ3n) is 10.7. The summed E-state index contributed by atoms with van der Waals surface area (Å²) in [6.07, 6.45) is 2.24. The van der Waals surface area contributed by atoms with Crippen LogP contribution < -0.4 is 9.47 Å². The number of hydrogen-bond acceptors (Lipinski definition) is 4. The summed E-state index contributed by atoms with van der Waals surface area (Å²) in [5.74, 6) is 2.23. The number of para-hydroxylation sites is 1. The molecule has 6 aromatic rings. The maximum atomic E-state index is 5.32. The lowest BCUT2D eigenvalue weighted by Crippen LogP contribution is -2.49. The van der Waals surface area contributed by atoms with E-state index in [9.17, 15) is 0 Å². The summed E-state index contributed by atoms with van der Waals surface area (Å²) in [4.78, 5) is 18.1. The van der Waals surface area contributed by atoms with Gasteiger partial charge < -0.3 is 4.90 Å². The molecule has 0 saturated carbocycles. The molecule has 5 heteroatoms. The molecule has 8 rings (SSSR count). The van der Waals surface area contributed by atoms with Crippen LogP contribution in [0.3, 0.4) is 0 Å². The van der Waals surface area contributed by atoms with Crippen LogP contribution in [0.25, 0.3) is 34.0 Å². The van der Waals surface area contributed by atoms with Crippen LogP contribution >= 0.6 is 0 Å². The van der Waals surface area contributed by atoms with Crippen molar-refractivity contribution in [2.75, 3.05) is 4.90 Å². The summed E-state index contributed by atoms with van der Waals surface area (Å²) < 4.78 is 2.31. The number of fused-ring (bicyclic) bond motifs is 4. The minimum Gasteiger partial charge on any atom is -0.302 e. The van der Waals surface area contributed by atoms with Crippen molar-refractivity contribution >= 4 is 11.6 Å². The van der Waals surface area contributed by atoms with Gasteiger partial charge in [0.1, 0.15) is 7.05 Å². The maximum absolute atomic E-state index is 5.32. The van der Waals surface area contributed by atoms with E-state index in [4.69, 9.17) is 15.0 Å². The Labute approximate surface area is 277 Å². The Bertz CT molecular complexity index is 2080. The average Bonchev–Trinajstić information content (AvgIpc) is 3.33. The van der Waals surface area contributed by atoms with Gasteiger partial charge in [-0.25, -0.2) is 9.55 Å². The Balaban J connectivity index is 1.47. The fourth-order valence-electron chi connectivity index (χ4n) is 8.69. The predicted octanol–water partition coefficient (Wildman–Crippen LogP) is 9.08. The van der Waals surface area contributed by atoms with Crippen LogP contribution in [-0.4, -0.2) is 15.0 Å². The molecular formula is C42H40N5+. The first-order valence-corrected chi connectivity index (χ1v) is 16.5. The van der Waals surface area contributed by atoms with Gasteiger partial charge >= 0.3 is 0 Å². The zero-order valence-corrected chi connectivity index (χ0v) is 27.9. The lowest BCUT2D eigenvalue weighted by molar-refractivity contribution is -0.660. The molecule has 1 aliphatic heterocycles. The van der Waals surface area contributed by atoms with Crippen molar-refractivity contribution in [3.63, 3.8) is 0 Å². The number of hydrogen-bond donors (Lipinski definition) is 0. The van der Waals surface area contributed by atoms with Gasteiger partial charge in [0.05, 0.1) is 11.6 Å². The largest absolute Gasteiger partial charge is 0.302 e. The first kappa shape index (κ1) is 29.3. The molecule has 2 unspecified atom stereocenters. The highest BCUT2D eigenvalue weighted by atomic mass is 15.3. The fourth-order valence-corrected chi connectivity index (χ4v) is 8.69. The van der Waals surface area contributed by atoms with Crippen molar-refractivity contribution in [3.05, 3.63) is 144 Å². The van der Waals surface area contributed by atoms with Crippen LogP contribution in [-0.2, 0) is 17.9 Å². The Kier molecular flexibility index (Phi) is 6.66. The monoisotopic (exact) mass is 614 g/mol. The Hall–Kier alpha value is -5.16. The highest BCUT2D eigenvalue weighted by Crippen LogP contribution is 2.65. The Morgan fingerprint density at radius 3 is 1.81 bits per heavy atom. The molecule has 5 nitrogen and oxygen atoms in total. The van der Waals surface area contributed by atoms with Gasteiger partial charge in [-0.15, -0.1) is 0 Å². The quantitative estimate of drug-likeness (QED) is 0.186. The lowest BCUT2D eigenvalue weighted by atomic mass is 9.59. The highest BCUT2D eigenvalue weighted by Gasteiger charge is 2.61. The summed E-state index contributed by atoms with van der Waals surface area (Å²) in [5, 5.41) is 0. The third kappa shape index (κ3) is 4.44. The Morgan fingerprint density at radius 1 is 0.617 bits per heavy atom. The smallest absolute Gasteiger partial charge is 0.234 e. The van der Waals surface area contributed by atoms with Gasteiger partial charge in [0, 0.05) is 34.4 Å². The van der Waals surface area contributed by atoms with Crippen LogP contribution in [0.5, 0.6) is 0 Å². The third-order valence-corrected chi connectivity index (χ3v) is 10.7. The van der Waals surface area contributed by atoms with Gasteiger partial charge in [-0.3, -0.25) is 0 Å². The van der Waals surface area contributed by atoms with E-state index in [-0.39, 0.29) is 22.8 Å². The van der Waals surface area contributed by atoms with Gasteiger partial charge in [0.25, 0.3) is 0 Å². The molecule has 3 heterocycles. The number of aryl methyl sites for hydroxylation is 2. The molecule has 0 N–H and O–H groups in total. The summed E-state index contributed by atoms with van der Waals surface area (Å²) in [6, 6.07) is 40.5.